The SMILES string of the molecule is CCc1ncnc(Oc2cc(OC)ccc2C(=O)O)c1F. The van der Waals surface area contributed by atoms with Crippen molar-refractivity contribution in [2.24, 2.45) is 0 Å². The number of benzene rings is 1. The van der Waals surface area contributed by atoms with Crippen molar-refractivity contribution in [2.75, 3.05) is 7.11 Å². The summed E-state index contributed by atoms with van der Waals surface area (Å²) in [4.78, 5) is 18.7. The Kier molecular flexibility index (Phi) is 4.32. The van der Waals surface area contributed by atoms with Gasteiger partial charge in [-0.25, -0.2) is 9.78 Å². The van der Waals surface area contributed by atoms with Gasteiger partial charge in [-0.2, -0.15) is 9.37 Å². The Morgan fingerprint density at radius 3 is 2.76 bits per heavy atom. The lowest BCUT2D eigenvalue weighted by Crippen LogP contribution is -2.04. The van der Waals surface area contributed by atoms with Crippen molar-refractivity contribution in [1.82, 2.24) is 9.97 Å². The van der Waals surface area contributed by atoms with Crippen molar-refractivity contribution in [1.29, 1.82) is 0 Å². The number of halogens is 1. The van der Waals surface area contributed by atoms with Crippen molar-refractivity contribution in [3.63, 3.8) is 0 Å². The molecule has 6 nitrogen and oxygen atoms in total. The van der Waals surface area contributed by atoms with Gasteiger partial charge >= 0.3 is 5.97 Å². The fraction of sp³-hybridized carbons (Fsp3) is 0.214. The van der Waals surface area contributed by atoms with Crippen LogP contribution in [0.25, 0.3) is 0 Å². The molecule has 7 heteroatoms. The molecule has 1 heterocycles. The molecular formula is C14H13FN2O4. The Labute approximate surface area is 120 Å². The highest BCUT2D eigenvalue weighted by Crippen LogP contribution is 2.30. The maximum Gasteiger partial charge on any atom is 0.339 e. The van der Waals surface area contributed by atoms with Crippen LogP contribution >= 0.6 is 0 Å². The smallest absolute Gasteiger partial charge is 0.339 e. The molecule has 110 valence electrons. The van der Waals surface area contributed by atoms with Gasteiger partial charge in [0.1, 0.15) is 23.4 Å². The van der Waals surface area contributed by atoms with Gasteiger partial charge in [0.15, 0.2) is 0 Å². The van der Waals surface area contributed by atoms with Gasteiger partial charge < -0.3 is 14.6 Å². The summed E-state index contributed by atoms with van der Waals surface area (Å²) in [7, 11) is 1.43. The van der Waals surface area contributed by atoms with Gasteiger partial charge in [-0.1, -0.05) is 6.92 Å². The van der Waals surface area contributed by atoms with E-state index in [0.29, 0.717) is 12.2 Å². The van der Waals surface area contributed by atoms with Gasteiger partial charge in [-0.3, -0.25) is 0 Å². The predicted octanol–water partition coefficient (Wildman–Crippen LogP) is 2.68. The molecule has 0 aliphatic rings. The van der Waals surface area contributed by atoms with E-state index in [4.69, 9.17) is 14.6 Å². The minimum Gasteiger partial charge on any atom is -0.497 e. The van der Waals surface area contributed by atoms with Gasteiger partial charge in [0.25, 0.3) is 5.88 Å². The number of aryl methyl sites for hydroxylation is 1. The zero-order valence-electron chi connectivity index (χ0n) is 11.5. The monoisotopic (exact) mass is 292 g/mol. The molecule has 0 saturated carbocycles. The first-order chi connectivity index (χ1) is 10.1. The van der Waals surface area contributed by atoms with Crippen LogP contribution in [0.15, 0.2) is 24.5 Å². The minimum atomic E-state index is -1.20. The van der Waals surface area contributed by atoms with Crippen LogP contribution in [0, 0.1) is 5.82 Å². The Hall–Kier alpha value is -2.70. The molecular weight excluding hydrogens is 279 g/mol. The number of hydrogen-bond donors (Lipinski definition) is 1. The number of nitrogens with zero attached hydrogens (tertiary/aromatic N) is 2. The summed E-state index contributed by atoms with van der Waals surface area (Å²) in [5.41, 5.74) is 0.0756. The van der Waals surface area contributed by atoms with E-state index >= 15 is 0 Å². The maximum absolute atomic E-state index is 14.0. The molecule has 1 aromatic carbocycles. The molecule has 0 aliphatic carbocycles. The lowest BCUT2D eigenvalue weighted by Gasteiger charge is -2.11. The van der Waals surface area contributed by atoms with Gasteiger partial charge in [-0.15, -0.1) is 0 Å². The summed E-state index contributed by atoms with van der Waals surface area (Å²) in [6.07, 6.45) is 1.53. The lowest BCUT2D eigenvalue weighted by molar-refractivity contribution is 0.0694. The van der Waals surface area contributed by atoms with Gasteiger partial charge in [0.2, 0.25) is 5.82 Å². The summed E-state index contributed by atoms with van der Waals surface area (Å²) in [6, 6.07) is 4.15. The van der Waals surface area contributed by atoms with Crippen molar-refractivity contribution in [2.45, 2.75) is 13.3 Å². The van der Waals surface area contributed by atoms with Crippen LogP contribution in [0.3, 0.4) is 0 Å². The fourth-order valence-electron chi connectivity index (χ4n) is 1.70. The second kappa shape index (κ2) is 6.17. The molecule has 0 spiro atoms. The van der Waals surface area contributed by atoms with Crippen LogP contribution in [0.2, 0.25) is 0 Å². The van der Waals surface area contributed by atoms with E-state index < -0.39 is 11.8 Å². The van der Waals surface area contributed by atoms with Crippen molar-refractivity contribution >= 4 is 5.97 Å². The van der Waals surface area contributed by atoms with Crippen LogP contribution in [0.1, 0.15) is 23.0 Å². The van der Waals surface area contributed by atoms with Gasteiger partial charge in [0, 0.05) is 6.07 Å². The second-order valence-electron chi connectivity index (χ2n) is 4.06. The molecule has 0 amide bonds. The Bertz CT molecular complexity index is 676. The number of carbonyl (C=O) groups is 1. The molecule has 0 fully saturated rings. The number of carboxylic acids is 1. The molecule has 0 atom stereocenters. The largest absolute Gasteiger partial charge is 0.497 e. The van der Waals surface area contributed by atoms with E-state index in [-0.39, 0.29) is 22.9 Å². The average molecular weight is 292 g/mol. The highest BCUT2D eigenvalue weighted by Gasteiger charge is 2.17. The maximum atomic E-state index is 14.0. The average Bonchev–Trinajstić information content (AvgIpc) is 2.49. The summed E-state index contributed by atoms with van der Waals surface area (Å²) in [6.45, 7) is 1.74. The van der Waals surface area contributed by atoms with Crippen LogP contribution in [-0.4, -0.2) is 28.2 Å². The summed E-state index contributed by atoms with van der Waals surface area (Å²) in [5, 5.41) is 9.13. The van der Waals surface area contributed by atoms with Crippen LogP contribution in [0.5, 0.6) is 17.4 Å². The van der Waals surface area contributed by atoms with E-state index in [1.165, 1.54) is 25.3 Å². The topological polar surface area (TPSA) is 81.5 Å². The zero-order chi connectivity index (χ0) is 15.4. The third kappa shape index (κ3) is 3.07. The standard InChI is InChI=1S/C14H13FN2O4/c1-3-10-12(15)13(17-7-16-10)21-11-6-8(20-2)4-5-9(11)14(18)19/h4-7H,3H2,1-2H3,(H,18,19). The molecule has 21 heavy (non-hydrogen) atoms. The molecule has 1 aromatic heterocycles. The number of methoxy groups -OCH3 is 1. The van der Waals surface area contributed by atoms with Gasteiger partial charge in [-0.05, 0) is 18.6 Å². The number of aromatic nitrogens is 2. The van der Waals surface area contributed by atoms with Crippen LogP contribution < -0.4 is 9.47 Å². The summed E-state index contributed by atoms with van der Waals surface area (Å²) >= 11 is 0. The number of carboxylic acid groups (broad SMARTS) is 1. The number of rotatable bonds is 5. The molecule has 2 aromatic rings. The molecule has 0 unspecified atom stereocenters. The third-order valence-corrected chi connectivity index (χ3v) is 2.79. The van der Waals surface area contributed by atoms with Crippen LogP contribution in [0.4, 0.5) is 4.39 Å². The zero-order valence-corrected chi connectivity index (χ0v) is 11.5. The molecule has 0 bridgehead atoms. The van der Waals surface area contributed by atoms with Crippen LogP contribution in [-0.2, 0) is 6.42 Å². The van der Waals surface area contributed by atoms with E-state index in [0.717, 1.165) is 6.33 Å². The van der Waals surface area contributed by atoms with Crippen molar-refractivity contribution in [3.05, 3.63) is 41.6 Å². The fourth-order valence-corrected chi connectivity index (χ4v) is 1.70. The Morgan fingerprint density at radius 1 is 1.38 bits per heavy atom. The minimum absolute atomic E-state index is 0.0542. The van der Waals surface area contributed by atoms with E-state index in [9.17, 15) is 9.18 Å². The quantitative estimate of drug-likeness (QED) is 0.912. The predicted molar refractivity (Wildman–Crippen MR) is 71.4 cm³/mol. The normalized spacial score (nSPS) is 10.2. The number of hydrogen-bond acceptors (Lipinski definition) is 5. The van der Waals surface area contributed by atoms with Crippen molar-refractivity contribution in [3.8, 4) is 17.4 Å². The molecule has 1 N–H and O–H groups in total. The first-order valence-electron chi connectivity index (χ1n) is 6.15. The molecule has 0 saturated heterocycles. The first kappa shape index (κ1) is 14.7. The third-order valence-electron chi connectivity index (χ3n) is 2.79. The lowest BCUT2D eigenvalue weighted by atomic mass is 10.2. The summed E-state index contributed by atoms with van der Waals surface area (Å²) < 4.78 is 24.3. The van der Waals surface area contributed by atoms with E-state index in [2.05, 4.69) is 9.97 Å². The number of ether oxygens (including phenoxy) is 2. The molecule has 0 aliphatic heterocycles. The van der Waals surface area contributed by atoms with E-state index in [1.54, 1.807) is 6.92 Å². The second-order valence-corrected chi connectivity index (χ2v) is 4.06. The number of aromatic carboxylic acids is 1. The first-order valence-corrected chi connectivity index (χ1v) is 6.15. The Morgan fingerprint density at radius 2 is 2.14 bits per heavy atom. The highest BCUT2D eigenvalue weighted by molar-refractivity contribution is 5.91. The summed E-state index contributed by atoms with van der Waals surface area (Å²) in [5.74, 6) is -1.89. The van der Waals surface area contributed by atoms with E-state index in [1.807, 2.05) is 0 Å². The van der Waals surface area contributed by atoms with Gasteiger partial charge in [0.05, 0.1) is 12.8 Å². The van der Waals surface area contributed by atoms with Crippen molar-refractivity contribution < 1.29 is 23.8 Å². The highest BCUT2D eigenvalue weighted by atomic mass is 19.1. The molecule has 2 rings (SSSR count). The Balaban J connectivity index is 2.45. The molecule has 0 radical (unpaired) electrons.